The first-order valence-electron chi connectivity index (χ1n) is 6.08. The molecule has 0 amide bonds. The Kier molecular flexibility index (Phi) is 4.19. The maximum atomic E-state index is 6.11. The highest BCUT2D eigenvalue weighted by atomic mass is 35.5. The molecule has 0 aliphatic carbocycles. The van der Waals surface area contributed by atoms with Crippen molar-refractivity contribution in [3.63, 3.8) is 0 Å². The Labute approximate surface area is 123 Å². The number of aryl methyl sites for hydroxylation is 2. The molecule has 2 aromatic rings. The SMILES string of the molecule is CNC(c1ccc(Cl)c(Cl)c1)c1c(C)nn(C)c1C. The summed E-state index contributed by atoms with van der Waals surface area (Å²) >= 11 is 12.1. The predicted octanol–water partition coefficient (Wildman–Crippen LogP) is 3.65. The molecule has 19 heavy (non-hydrogen) atoms. The first kappa shape index (κ1) is 14.4. The Bertz CT molecular complexity index is 605. The molecule has 0 fully saturated rings. The first-order chi connectivity index (χ1) is 8.95. The molecule has 0 bridgehead atoms. The zero-order valence-electron chi connectivity index (χ0n) is 11.5. The van der Waals surface area contributed by atoms with E-state index in [2.05, 4.69) is 17.3 Å². The maximum absolute atomic E-state index is 6.11. The van der Waals surface area contributed by atoms with Crippen LogP contribution in [0.15, 0.2) is 18.2 Å². The Morgan fingerprint density at radius 3 is 2.37 bits per heavy atom. The van der Waals surface area contributed by atoms with Crippen LogP contribution in [0.4, 0.5) is 0 Å². The van der Waals surface area contributed by atoms with Gasteiger partial charge in [0, 0.05) is 18.3 Å². The van der Waals surface area contributed by atoms with Crippen molar-refractivity contribution in [3.05, 3.63) is 50.8 Å². The number of nitrogens with zero attached hydrogens (tertiary/aromatic N) is 2. The maximum Gasteiger partial charge on any atom is 0.0647 e. The first-order valence-corrected chi connectivity index (χ1v) is 6.83. The molecule has 0 aliphatic rings. The summed E-state index contributed by atoms with van der Waals surface area (Å²) in [4.78, 5) is 0. The molecule has 102 valence electrons. The normalized spacial score (nSPS) is 12.7. The second kappa shape index (κ2) is 5.53. The van der Waals surface area contributed by atoms with Gasteiger partial charge in [-0.1, -0.05) is 29.3 Å². The molecule has 5 heteroatoms. The number of halogens is 2. The van der Waals surface area contributed by atoms with Crippen molar-refractivity contribution in [2.24, 2.45) is 7.05 Å². The third-order valence-corrected chi connectivity index (χ3v) is 4.16. The Hall–Kier alpha value is -1.03. The molecule has 1 N–H and O–H groups in total. The molecule has 2 rings (SSSR count). The minimum Gasteiger partial charge on any atom is -0.309 e. The highest BCUT2D eigenvalue weighted by Crippen LogP contribution is 2.31. The topological polar surface area (TPSA) is 29.9 Å². The summed E-state index contributed by atoms with van der Waals surface area (Å²) in [5, 5.41) is 8.92. The lowest BCUT2D eigenvalue weighted by molar-refractivity contribution is 0.678. The van der Waals surface area contributed by atoms with Crippen LogP contribution in [0.25, 0.3) is 0 Å². The summed E-state index contributed by atoms with van der Waals surface area (Å²) in [6.45, 7) is 4.08. The van der Waals surface area contributed by atoms with E-state index in [9.17, 15) is 0 Å². The zero-order chi connectivity index (χ0) is 14.2. The minimum atomic E-state index is 0.0588. The van der Waals surface area contributed by atoms with Crippen LogP contribution in [0.5, 0.6) is 0 Å². The van der Waals surface area contributed by atoms with Crippen LogP contribution in [-0.2, 0) is 7.05 Å². The molecule has 1 heterocycles. The molecular weight excluding hydrogens is 281 g/mol. The van der Waals surface area contributed by atoms with E-state index in [1.165, 1.54) is 5.56 Å². The van der Waals surface area contributed by atoms with E-state index in [1.54, 1.807) is 0 Å². The summed E-state index contributed by atoms with van der Waals surface area (Å²) in [5.74, 6) is 0. The molecule has 1 unspecified atom stereocenters. The van der Waals surface area contributed by atoms with Gasteiger partial charge in [-0.25, -0.2) is 0 Å². The van der Waals surface area contributed by atoms with Gasteiger partial charge in [0.25, 0.3) is 0 Å². The smallest absolute Gasteiger partial charge is 0.0647 e. The molecule has 1 aromatic heterocycles. The van der Waals surface area contributed by atoms with E-state index in [1.807, 2.05) is 43.9 Å². The Morgan fingerprint density at radius 1 is 1.21 bits per heavy atom. The number of aromatic nitrogens is 2. The molecule has 0 aliphatic heterocycles. The third-order valence-electron chi connectivity index (χ3n) is 3.42. The van der Waals surface area contributed by atoms with Crippen LogP contribution in [0, 0.1) is 13.8 Å². The van der Waals surface area contributed by atoms with Gasteiger partial charge in [0.2, 0.25) is 0 Å². The summed E-state index contributed by atoms with van der Waals surface area (Å²) in [6, 6.07) is 5.77. The minimum absolute atomic E-state index is 0.0588. The molecule has 0 saturated carbocycles. The van der Waals surface area contributed by atoms with E-state index in [-0.39, 0.29) is 6.04 Å². The van der Waals surface area contributed by atoms with Gasteiger partial charge in [-0.15, -0.1) is 0 Å². The summed E-state index contributed by atoms with van der Waals surface area (Å²) in [7, 11) is 3.88. The number of hydrogen-bond donors (Lipinski definition) is 1. The van der Waals surface area contributed by atoms with Crippen molar-refractivity contribution < 1.29 is 0 Å². The number of hydrogen-bond acceptors (Lipinski definition) is 2. The van der Waals surface area contributed by atoms with Crippen molar-refractivity contribution in [2.75, 3.05) is 7.05 Å². The Balaban J connectivity index is 2.52. The highest BCUT2D eigenvalue weighted by molar-refractivity contribution is 6.42. The van der Waals surface area contributed by atoms with E-state index >= 15 is 0 Å². The number of benzene rings is 1. The second-order valence-electron chi connectivity index (χ2n) is 4.60. The van der Waals surface area contributed by atoms with Gasteiger partial charge in [0.05, 0.1) is 21.8 Å². The van der Waals surface area contributed by atoms with Crippen LogP contribution in [0.3, 0.4) is 0 Å². The van der Waals surface area contributed by atoms with Gasteiger partial charge in [-0.3, -0.25) is 4.68 Å². The fraction of sp³-hybridized carbons (Fsp3) is 0.357. The van der Waals surface area contributed by atoms with Gasteiger partial charge >= 0.3 is 0 Å². The largest absolute Gasteiger partial charge is 0.309 e. The van der Waals surface area contributed by atoms with Gasteiger partial charge in [0.1, 0.15) is 0 Å². The fourth-order valence-corrected chi connectivity index (χ4v) is 2.68. The lowest BCUT2D eigenvalue weighted by atomic mass is 9.97. The molecule has 0 radical (unpaired) electrons. The van der Waals surface area contributed by atoms with E-state index in [0.29, 0.717) is 10.0 Å². The zero-order valence-corrected chi connectivity index (χ0v) is 13.0. The summed E-state index contributed by atoms with van der Waals surface area (Å²) in [6.07, 6.45) is 0. The quantitative estimate of drug-likeness (QED) is 0.937. The molecule has 0 spiro atoms. The van der Waals surface area contributed by atoms with Crippen molar-refractivity contribution >= 4 is 23.2 Å². The van der Waals surface area contributed by atoms with Crippen LogP contribution >= 0.6 is 23.2 Å². The lowest BCUT2D eigenvalue weighted by Gasteiger charge is -2.18. The van der Waals surface area contributed by atoms with Crippen molar-refractivity contribution in [1.29, 1.82) is 0 Å². The van der Waals surface area contributed by atoms with Crippen LogP contribution in [0.2, 0.25) is 10.0 Å². The third kappa shape index (κ3) is 2.64. The molecule has 1 atom stereocenters. The van der Waals surface area contributed by atoms with Gasteiger partial charge < -0.3 is 5.32 Å². The number of rotatable bonds is 3. The van der Waals surface area contributed by atoms with Gasteiger partial charge in [-0.2, -0.15) is 5.10 Å². The average molecular weight is 298 g/mol. The van der Waals surface area contributed by atoms with Crippen molar-refractivity contribution in [1.82, 2.24) is 15.1 Å². The molecule has 3 nitrogen and oxygen atoms in total. The van der Waals surface area contributed by atoms with E-state index < -0.39 is 0 Å². The van der Waals surface area contributed by atoms with Crippen LogP contribution in [-0.4, -0.2) is 16.8 Å². The molecular formula is C14H17Cl2N3. The average Bonchev–Trinajstić information content (AvgIpc) is 2.61. The Morgan fingerprint density at radius 2 is 1.89 bits per heavy atom. The summed E-state index contributed by atoms with van der Waals surface area (Å²) in [5.41, 5.74) is 4.42. The summed E-state index contributed by atoms with van der Waals surface area (Å²) < 4.78 is 1.90. The van der Waals surface area contributed by atoms with Crippen molar-refractivity contribution in [3.8, 4) is 0 Å². The fourth-order valence-electron chi connectivity index (χ4n) is 2.38. The predicted molar refractivity (Wildman–Crippen MR) is 80.0 cm³/mol. The number of nitrogens with one attached hydrogen (secondary N) is 1. The highest BCUT2D eigenvalue weighted by Gasteiger charge is 2.20. The lowest BCUT2D eigenvalue weighted by Crippen LogP contribution is -2.19. The van der Waals surface area contributed by atoms with Gasteiger partial charge in [-0.05, 0) is 38.6 Å². The monoisotopic (exact) mass is 297 g/mol. The van der Waals surface area contributed by atoms with Crippen LogP contribution < -0.4 is 5.32 Å². The van der Waals surface area contributed by atoms with Gasteiger partial charge in [0.15, 0.2) is 0 Å². The standard InChI is InChI=1S/C14H17Cl2N3/c1-8-13(9(2)19(4)18-8)14(17-3)10-5-6-11(15)12(16)7-10/h5-7,14,17H,1-4H3. The van der Waals surface area contributed by atoms with E-state index in [4.69, 9.17) is 23.2 Å². The molecule has 0 saturated heterocycles. The van der Waals surface area contributed by atoms with Crippen molar-refractivity contribution in [2.45, 2.75) is 19.9 Å². The molecule has 1 aromatic carbocycles. The second-order valence-corrected chi connectivity index (χ2v) is 5.42. The van der Waals surface area contributed by atoms with E-state index in [0.717, 1.165) is 17.0 Å². The van der Waals surface area contributed by atoms with Crippen LogP contribution in [0.1, 0.15) is 28.6 Å².